The minimum absolute atomic E-state index is 0.130. The van der Waals surface area contributed by atoms with Gasteiger partial charge in [0.1, 0.15) is 5.75 Å². The normalized spacial score (nSPS) is 29.0. The van der Waals surface area contributed by atoms with Crippen molar-refractivity contribution in [3.63, 3.8) is 0 Å². The van der Waals surface area contributed by atoms with Gasteiger partial charge in [-0.3, -0.25) is 0 Å². The summed E-state index contributed by atoms with van der Waals surface area (Å²) < 4.78 is 0. The molecule has 3 nitrogen and oxygen atoms in total. The Morgan fingerprint density at radius 2 is 2.00 bits per heavy atom. The summed E-state index contributed by atoms with van der Waals surface area (Å²) in [7, 11) is 0. The predicted molar refractivity (Wildman–Crippen MR) is 106 cm³/mol. The van der Waals surface area contributed by atoms with E-state index in [0.717, 1.165) is 25.4 Å². The van der Waals surface area contributed by atoms with E-state index in [1.165, 1.54) is 57.1 Å². The molecule has 1 aliphatic carbocycles. The van der Waals surface area contributed by atoms with Crippen LogP contribution in [0.3, 0.4) is 0 Å². The zero-order chi connectivity index (χ0) is 17.9. The maximum atomic E-state index is 9.99. The lowest BCUT2D eigenvalue weighted by molar-refractivity contribution is 0.107. The Kier molecular flexibility index (Phi) is 5.93. The Morgan fingerprint density at radius 1 is 1.24 bits per heavy atom. The molecule has 1 saturated carbocycles. The van der Waals surface area contributed by atoms with E-state index < -0.39 is 0 Å². The first-order chi connectivity index (χ1) is 12.0. The number of piperidine rings is 1. The zero-order valence-electron chi connectivity index (χ0n) is 16.1. The Bertz CT molecular complexity index is 567. The second-order valence-corrected chi connectivity index (χ2v) is 8.79. The molecular weight excluding hydrogens is 308 g/mol. The Balaban J connectivity index is 1.51. The van der Waals surface area contributed by atoms with Crippen molar-refractivity contribution < 1.29 is 5.11 Å². The van der Waals surface area contributed by atoms with Crippen molar-refractivity contribution in [3.8, 4) is 5.75 Å². The highest BCUT2D eigenvalue weighted by Gasteiger charge is 2.38. The Labute approximate surface area is 153 Å². The fourth-order valence-electron chi connectivity index (χ4n) is 4.93. The summed E-state index contributed by atoms with van der Waals surface area (Å²) >= 11 is 0. The van der Waals surface area contributed by atoms with Gasteiger partial charge in [0.15, 0.2) is 0 Å². The third-order valence-corrected chi connectivity index (χ3v) is 7.07. The van der Waals surface area contributed by atoms with Crippen LogP contribution in [0, 0.1) is 11.8 Å². The van der Waals surface area contributed by atoms with Crippen LogP contribution >= 0.6 is 0 Å². The topological polar surface area (TPSA) is 49.5 Å². The number of benzene rings is 1. The number of phenols is 1. The number of hydrogen-bond donors (Lipinski definition) is 2. The molecule has 1 heterocycles. The number of anilines is 1. The molecule has 2 aliphatic rings. The molecule has 0 spiro atoms. The quantitative estimate of drug-likeness (QED) is 0.588. The molecule has 3 rings (SSSR count). The summed E-state index contributed by atoms with van der Waals surface area (Å²) in [4.78, 5) is 2.66. The van der Waals surface area contributed by atoms with E-state index in [-0.39, 0.29) is 11.2 Å². The van der Waals surface area contributed by atoms with Gasteiger partial charge in [-0.25, -0.2) is 0 Å². The third-order valence-electron chi connectivity index (χ3n) is 7.07. The lowest BCUT2D eigenvalue weighted by Gasteiger charge is -2.45. The molecule has 2 atom stereocenters. The van der Waals surface area contributed by atoms with Crippen molar-refractivity contribution in [2.24, 2.45) is 11.8 Å². The monoisotopic (exact) mass is 344 g/mol. The summed E-state index contributed by atoms with van der Waals surface area (Å²) in [6, 6.07) is 5.83. The van der Waals surface area contributed by atoms with E-state index in [1.807, 2.05) is 12.1 Å². The number of hydrogen-bond acceptors (Lipinski definition) is 3. The molecule has 1 aromatic rings. The molecule has 0 aromatic heterocycles. The van der Waals surface area contributed by atoms with E-state index in [0.29, 0.717) is 11.6 Å². The molecule has 3 heteroatoms. The molecule has 0 amide bonds. The maximum Gasteiger partial charge on any atom is 0.138 e. The van der Waals surface area contributed by atoms with Gasteiger partial charge in [-0.05, 0) is 67.3 Å². The number of nitrogens with zero attached hydrogens (tertiary/aromatic N) is 1. The van der Waals surface area contributed by atoms with Crippen molar-refractivity contribution in [3.05, 3.63) is 23.8 Å². The van der Waals surface area contributed by atoms with Crippen LogP contribution in [0.1, 0.15) is 70.8 Å². The average Bonchev–Trinajstić information content (AvgIpc) is 2.61. The van der Waals surface area contributed by atoms with Crippen LogP contribution in [0.25, 0.3) is 0 Å². The smallest absolute Gasteiger partial charge is 0.138 e. The first-order valence-electron chi connectivity index (χ1n) is 10.3. The fourth-order valence-corrected chi connectivity index (χ4v) is 4.93. The Hall–Kier alpha value is -1.22. The number of rotatable bonds is 5. The number of nitrogens with two attached hydrogens (primary N) is 1. The van der Waals surface area contributed by atoms with Gasteiger partial charge in [-0.2, -0.15) is 0 Å². The minimum Gasteiger partial charge on any atom is -0.506 e. The van der Waals surface area contributed by atoms with Crippen molar-refractivity contribution in [1.82, 2.24) is 4.90 Å². The number of phenolic OH excluding ortho intramolecular Hbond substituents is 1. The van der Waals surface area contributed by atoms with Gasteiger partial charge in [-0.1, -0.05) is 52.0 Å². The largest absolute Gasteiger partial charge is 0.506 e. The van der Waals surface area contributed by atoms with Crippen molar-refractivity contribution in [2.45, 2.75) is 70.6 Å². The van der Waals surface area contributed by atoms with Crippen LogP contribution in [0.2, 0.25) is 0 Å². The summed E-state index contributed by atoms with van der Waals surface area (Å²) in [6.07, 6.45) is 11.2. The van der Waals surface area contributed by atoms with Gasteiger partial charge in [0.05, 0.1) is 5.69 Å². The molecular formula is C22H36N2O. The van der Waals surface area contributed by atoms with Crippen LogP contribution in [-0.4, -0.2) is 29.6 Å². The molecule has 25 heavy (non-hydrogen) atoms. The Morgan fingerprint density at radius 3 is 2.68 bits per heavy atom. The van der Waals surface area contributed by atoms with Crippen LogP contribution in [-0.2, 0) is 5.41 Å². The SMILES string of the molecule is CC1CN(CCCC2CCCCC2)CCC1(C)c1ccc(N)c(O)c1. The van der Waals surface area contributed by atoms with Crippen molar-refractivity contribution in [2.75, 3.05) is 25.4 Å². The summed E-state index contributed by atoms with van der Waals surface area (Å²) in [5.41, 5.74) is 7.61. The first kappa shape index (κ1) is 18.6. The average molecular weight is 345 g/mol. The fraction of sp³-hybridized carbons (Fsp3) is 0.727. The molecule has 0 radical (unpaired) electrons. The summed E-state index contributed by atoms with van der Waals surface area (Å²) in [5, 5.41) is 9.99. The molecule has 3 N–H and O–H groups in total. The highest BCUT2D eigenvalue weighted by atomic mass is 16.3. The van der Waals surface area contributed by atoms with Crippen molar-refractivity contribution in [1.29, 1.82) is 0 Å². The van der Waals surface area contributed by atoms with Crippen LogP contribution in [0.15, 0.2) is 18.2 Å². The molecule has 1 aromatic carbocycles. The molecule has 1 saturated heterocycles. The number of aromatic hydroxyl groups is 1. The predicted octanol–water partition coefficient (Wildman–Crippen LogP) is 4.93. The first-order valence-corrected chi connectivity index (χ1v) is 10.3. The summed E-state index contributed by atoms with van der Waals surface area (Å²) in [6.45, 7) is 8.29. The van der Waals surface area contributed by atoms with Gasteiger partial charge in [0.25, 0.3) is 0 Å². The number of nitrogen functional groups attached to an aromatic ring is 1. The molecule has 0 bridgehead atoms. The van der Waals surface area contributed by atoms with Gasteiger partial charge >= 0.3 is 0 Å². The maximum absolute atomic E-state index is 9.99. The highest BCUT2D eigenvalue weighted by Crippen LogP contribution is 2.41. The van der Waals surface area contributed by atoms with E-state index in [2.05, 4.69) is 24.8 Å². The second kappa shape index (κ2) is 7.99. The third kappa shape index (κ3) is 4.31. The van der Waals surface area contributed by atoms with E-state index in [4.69, 9.17) is 5.73 Å². The molecule has 140 valence electrons. The number of likely N-dealkylation sites (tertiary alicyclic amines) is 1. The van der Waals surface area contributed by atoms with Crippen LogP contribution < -0.4 is 5.73 Å². The van der Waals surface area contributed by atoms with E-state index >= 15 is 0 Å². The van der Waals surface area contributed by atoms with E-state index in [1.54, 1.807) is 0 Å². The lowest BCUT2D eigenvalue weighted by atomic mass is 9.68. The van der Waals surface area contributed by atoms with Gasteiger partial charge < -0.3 is 15.7 Å². The standard InChI is InChI=1S/C22H36N2O/c1-17-16-24(13-6-9-18-7-4-3-5-8-18)14-12-22(17,2)19-10-11-20(23)21(25)15-19/h10-11,15,17-18,25H,3-9,12-14,16,23H2,1-2H3. The van der Waals surface area contributed by atoms with Gasteiger partial charge in [0, 0.05) is 6.54 Å². The van der Waals surface area contributed by atoms with Crippen LogP contribution in [0.5, 0.6) is 5.75 Å². The highest BCUT2D eigenvalue weighted by molar-refractivity contribution is 5.54. The molecule has 1 aliphatic heterocycles. The van der Waals surface area contributed by atoms with Crippen molar-refractivity contribution >= 4 is 5.69 Å². The minimum atomic E-state index is 0.130. The van der Waals surface area contributed by atoms with E-state index in [9.17, 15) is 5.11 Å². The molecule has 2 fully saturated rings. The van der Waals surface area contributed by atoms with Crippen LogP contribution in [0.4, 0.5) is 5.69 Å². The van der Waals surface area contributed by atoms with Gasteiger partial charge in [-0.15, -0.1) is 0 Å². The molecule has 2 unspecified atom stereocenters. The summed E-state index contributed by atoms with van der Waals surface area (Å²) in [5.74, 6) is 1.80. The lowest BCUT2D eigenvalue weighted by Crippen LogP contribution is -2.47. The second-order valence-electron chi connectivity index (χ2n) is 8.79. The van der Waals surface area contributed by atoms with Gasteiger partial charge in [0.2, 0.25) is 0 Å². The zero-order valence-corrected chi connectivity index (χ0v) is 16.1.